The van der Waals surface area contributed by atoms with Gasteiger partial charge in [0.15, 0.2) is 11.6 Å². The van der Waals surface area contributed by atoms with Crippen LogP contribution >= 0.6 is 0 Å². The Morgan fingerprint density at radius 3 is 2.13 bits per heavy atom. The van der Waals surface area contributed by atoms with Crippen LogP contribution in [0.4, 0.5) is 0 Å². The van der Waals surface area contributed by atoms with Gasteiger partial charge in [0.05, 0.1) is 12.2 Å². The monoisotopic (exact) mass is 210 g/mol. The van der Waals surface area contributed by atoms with Crippen LogP contribution in [0.2, 0.25) is 0 Å². The van der Waals surface area contributed by atoms with Crippen LogP contribution in [0.25, 0.3) is 0 Å². The van der Waals surface area contributed by atoms with E-state index in [0.717, 1.165) is 0 Å². The first kappa shape index (κ1) is 12.0. The van der Waals surface area contributed by atoms with Gasteiger partial charge >= 0.3 is 0 Å². The van der Waals surface area contributed by atoms with Crippen molar-refractivity contribution in [3.05, 3.63) is 11.3 Å². The summed E-state index contributed by atoms with van der Waals surface area (Å²) < 4.78 is 5.23. The fraction of sp³-hybridized carbons (Fsp3) is 0.667. The Balaban J connectivity index is 2.98. The van der Waals surface area contributed by atoms with Crippen molar-refractivity contribution in [3.8, 4) is 0 Å². The van der Waals surface area contributed by atoms with Crippen LogP contribution in [-0.4, -0.2) is 18.2 Å². The number of ketones is 2. The Hall–Kier alpha value is -1.12. The maximum absolute atomic E-state index is 11.8. The Morgan fingerprint density at radius 2 is 1.73 bits per heavy atom. The quantitative estimate of drug-likeness (QED) is 0.399. The highest BCUT2D eigenvalue weighted by molar-refractivity contribution is 6.22. The smallest absolute Gasteiger partial charge is 0.170 e. The number of ether oxygens (including phenoxy) is 1. The Morgan fingerprint density at radius 1 is 1.27 bits per heavy atom. The van der Waals surface area contributed by atoms with E-state index in [1.165, 1.54) is 0 Å². The van der Waals surface area contributed by atoms with E-state index >= 15 is 0 Å². The molecule has 0 atom stereocenters. The molecule has 0 amide bonds. The first-order chi connectivity index (χ1) is 6.87. The summed E-state index contributed by atoms with van der Waals surface area (Å²) >= 11 is 0. The summed E-state index contributed by atoms with van der Waals surface area (Å²) in [5.74, 6) is 0.312. The lowest BCUT2D eigenvalue weighted by atomic mass is 9.74. The van der Waals surface area contributed by atoms with E-state index in [4.69, 9.17) is 4.74 Å². The summed E-state index contributed by atoms with van der Waals surface area (Å²) in [6, 6.07) is 0. The average Bonchev–Trinajstić information content (AvgIpc) is 1.99. The van der Waals surface area contributed by atoms with E-state index in [9.17, 15) is 9.59 Å². The molecule has 3 heteroatoms. The minimum atomic E-state index is -0.204. The molecule has 1 aliphatic carbocycles. The van der Waals surface area contributed by atoms with Gasteiger partial charge in [-0.3, -0.25) is 9.59 Å². The summed E-state index contributed by atoms with van der Waals surface area (Å²) in [6.07, 6.45) is 0.858. The molecule has 84 valence electrons. The molecule has 0 aromatic carbocycles. The zero-order valence-corrected chi connectivity index (χ0v) is 9.85. The van der Waals surface area contributed by atoms with E-state index in [1.54, 1.807) is 6.92 Å². The number of hydrogen-bond acceptors (Lipinski definition) is 3. The molecule has 0 spiro atoms. The predicted molar refractivity (Wildman–Crippen MR) is 57.4 cm³/mol. The van der Waals surface area contributed by atoms with Gasteiger partial charge in [0, 0.05) is 12.8 Å². The van der Waals surface area contributed by atoms with Crippen molar-refractivity contribution < 1.29 is 14.3 Å². The van der Waals surface area contributed by atoms with Crippen molar-refractivity contribution in [2.75, 3.05) is 6.61 Å². The van der Waals surface area contributed by atoms with E-state index in [0.29, 0.717) is 25.2 Å². The van der Waals surface area contributed by atoms with Crippen LogP contribution in [-0.2, 0) is 14.3 Å². The summed E-state index contributed by atoms with van der Waals surface area (Å²) in [5, 5.41) is 0. The average molecular weight is 210 g/mol. The molecular weight excluding hydrogens is 192 g/mol. The molecule has 0 aliphatic heterocycles. The normalized spacial score (nSPS) is 20.4. The highest BCUT2D eigenvalue weighted by Gasteiger charge is 2.37. The van der Waals surface area contributed by atoms with Gasteiger partial charge < -0.3 is 4.74 Å². The van der Waals surface area contributed by atoms with Crippen molar-refractivity contribution in [3.63, 3.8) is 0 Å². The third-order valence-electron chi connectivity index (χ3n) is 2.55. The number of carbonyl (C=O) groups excluding carboxylic acids is 2. The van der Waals surface area contributed by atoms with E-state index < -0.39 is 0 Å². The highest BCUT2D eigenvalue weighted by atomic mass is 16.5. The first-order valence-electron chi connectivity index (χ1n) is 5.27. The molecule has 0 radical (unpaired) electrons. The zero-order chi connectivity index (χ0) is 11.6. The zero-order valence-electron chi connectivity index (χ0n) is 9.85. The van der Waals surface area contributed by atoms with Gasteiger partial charge in [-0.1, -0.05) is 13.8 Å². The van der Waals surface area contributed by atoms with Crippen molar-refractivity contribution in [2.45, 2.75) is 40.5 Å². The molecular formula is C12H18O3. The summed E-state index contributed by atoms with van der Waals surface area (Å²) in [4.78, 5) is 23.6. The van der Waals surface area contributed by atoms with Crippen LogP contribution in [0, 0.1) is 5.41 Å². The van der Waals surface area contributed by atoms with E-state index in [2.05, 4.69) is 0 Å². The molecule has 0 bridgehead atoms. The molecule has 0 aromatic heterocycles. The molecule has 0 heterocycles. The minimum Gasteiger partial charge on any atom is -0.498 e. The van der Waals surface area contributed by atoms with Crippen LogP contribution in [0.5, 0.6) is 0 Å². The molecule has 3 nitrogen and oxygen atoms in total. The molecule has 1 rings (SSSR count). The second kappa shape index (κ2) is 4.17. The minimum absolute atomic E-state index is 0.0813. The molecule has 1 aliphatic rings. The number of hydrogen-bond donors (Lipinski definition) is 0. The van der Waals surface area contributed by atoms with Crippen molar-refractivity contribution in [2.24, 2.45) is 5.41 Å². The SMILES string of the molecule is CCOC(C)=C1C(=O)CC(C)(C)CC1=O. The number of rotatable bonds is 2. The lowest BCUT2D eigenvalue weighted by molar-refractivity contribution is -0.127. The van der Waals surface area contributed by atoms with Crippen LogP contribution in [0.15, 0.2) is 11.3 Å². The first-order valence-corrected chi connectivity index (χ1v) is 5.27. The van der Waals surface area contributed by atoms with Gasteiger partial charge in [-0.25, -0.2) is 0 Å². The van der Waals surface area contributed by atoms with Crippen LogP contribution in [0.3, 0.4) is 0 Å². The predicted octanol–water partition coefficient (Wildman–Crippen LogP) is 2.26. The van der Waals surface area contributed by atoms with Crippen molar-refractivity contribution in [1.29, 1.82) is 0 Å². The third-order valence-corrected chi connectivity index (χ3v) is 2.55. The lowest BCUT2D eigenvalue weighted by Gasteiger charge is -2.29. The standard InChI is InChI=1S/C12H18O3/c1-5-15-8(2)11-9(13)6-12(3,4)7-10(11)14/h5-7H2,1-4H3. The molecule has 0 unspecified atom stereocenters. The molecule has 1 fully saturated rings. The van der Waals surface area contributed by atoms with E-state index in [1.807, 2.05) is 20.8 Å². The maximum Gasteiger partial charge on any atom is 0.170 e. The molecule has 0 N–H and O–H groups in total. The van der Waals surface area contributed by atoms with Gasteiger partial charge in [-0.05, 0) is 19.3 Å². The third kappa shape index (κ3) is 2.67. The largest absolute Gasteiger partial charge is 0.498 e. The van der Waals surface area contributed by atoms with Gasteiger partial charge in [0.2, 0.25) is 0 Å². The molecule has 15 heavy (non-hydrogen) atoms. The lowest BCUT2D eigenvalue weighted by Crippen LogP contribution is -2.32. The number of Topliss-reactive ketones (excluding diaryl/α,β-unsaturated/α-hetero) is 2. The van der Waals surface area contributed by atoms with E-state index in [-0.39, 0.29) is 22.6 Å². The van der Waals surface area contributed by atoms with Gasteiger partial charge in [0.1, 0.15) is 5.76 Å². The van der Waals surface area contributed by atoms with Gasteiger partial charge in [-0.15, -0.1) is 0 Å². The summed E-state index contributed by atoms with van der Waals surface area (Å²) in [7, 11) is 0. The number of allylic oxidation sites excluding steroid dienone is 2. The van der Waals surface area contributed by atoms with Crippen LogP contribution in [0.1, 0.15) is 40.5 Å². The fourth-order valence-electron chi connectivity index (χ4n) is 1.95. The second-order valence-electron chi connectivity index (χ2n) is 4.73. The van der Waals surface area contributed by atoms with Crippen LogP contribution < -0.4 is 0 Å². The molecule has 1 saturated carbocycles. The number of carbonyl (C=O) groups is 2. The second-order valence-corrected chi connectivity index (χ2v) is 4.73. The Bertz CT molecular complexity index is 302. The topological polar surface area (TPSA) is 43.4 Å². The van der Waals surface area contributed by atoms with Gasteiger partial charge in [-0.2, -0.15) is 0 Å². The maximum atomic E-state index is 11.8. The Labute approximate surface area is 90.5 Å². The molecule has 0 saturated heterocycles. The van der Waals surface area contributed by atoms with Crippen molar-refractivity contribution in [1.82, 2.24) is 0 Å². The summed E-state index contributed by atoms with van der Waals surface area (Å²) in [6.45, 7) is 7.89. The summed E-state index contributed by atoms with van der Waals surface area (Å²) in [5.41, 5.74) is 0.0700. The highest BCUT2D eigenvalue weighted by Crippen LogP contribution is 2.34. The van der Waals surface area contributed by atoms with Gasteiger partial charge in [0.25, 0.3) is 0 Å². The Kier molecular flexibility index (Phi) is 3.32. The molecule has 0 aromatic rings. The van der Waals surface area contributed by atoms with Crippen molar-refractivity contribution >= 4 is 11.6 Å². The fourth-order valence-corrected chi connectivity index (χ4v) is 1.95.